The van der Waals surface area contributed by atoms with E-state index in [1.165, 1.54) is 4.57 Å². The molecule has 0 saturated heterocycles. The Labute approximate surface area is 181 Å². The second kappa shape index (κ2) is 7.89. The van der Waals surface area contributed by atoms with Crippen LogP contribution in [0, 0.1) is 6.57 Å². The highest BCUT2D eigenvalue weighted by Gasteiger charge is 2.21. The van der Waals surface area contributed by atoms with Crippen molar-refractivity contribution >= 4 is 45.8 Å². The van der Waals surface area contributed by atoms with Gasteiger partial charge in [-0.05, 0) is 31.2 Å². The van der Waals surface area contributed by atoms with Crippen LogP contribution in [-0.2, 0) is 0 Å². The standard InChI is InChI=1S/C20H16ClN9O/c1-10(26-17-15(24-2)16(22)28-20(23)29-17)18-27-13-7-3-6-12(21)14(13)19(31)30(18)11-5-4-8-25-9-11/h3-10H,1H3,(H5,22,23,26,28,29)/t10-/m1/s1. The summed E-state index contributed by atoms with van der Waals surface area (Å²) in [6.45, 7) is 9.15. The van der Waals surface area contributed by atoms with Gasteiger partial charge in [0.05, 0.1) is 40.4 Å². The van der Waals surface area contributed by atoms with E-state index in [2.05, 4.69) is 30.1 Å². The number of fused-ring (bicyclic) bond motifs is 1. The van der Waals surface area contributed by atoms with Gasteiger partial charge in [0.1, 0.15) is 17.5 Å². The third-order valence-corrected chi connectivity index (χ3v) is 4.87. The number of aromatic nitrogens is 5. The first-order valence-electron chi connectivity index (χ1n) is 9.09. The summed E-state index contributed by atoms with van der Waals surface area (Å²) in [5, 5.41) is 3.67. The smallest absolute Gasteiger partial charge is 0.268 e. The molecular formula is C20H16ClN9O. The van der Waals surface area contributed by atoms with Crippen molar-refractivity contribution in [2.24, 2.45) is 0 Å². The molecule has 4 aromatic rings. The Kier molecular flexibility index (Phi) is 5.10. The fourth-order valence-electron chi connectivity index (χ4n) is 3.20. The van der Waals surface area contributed by atoms with E-state index in [1.807, 2.05) is 0 Å². The van der Waals surface area contributed by atoms with Crippen LogP contribution in [-0.4, -0.2) is 24.5 Å². The fourth-order valence-corrected chi connectivity index (χ4v) is 3.45. The first kappa shape index (κ1) is 20.1. The highest BCUT2D eigenvalue weighted by Crippen LogP contribution is 2.32. The maximum Gasteiger partial charge on any atom is 0.268 e. The van der Waals surface area contributed by atoms with Crippen LogP contribution in [0.15, 0.2) is 47.5 Å². The van der Waals surface area contributed by atoms with Crippen molar-refractivity contribution in [1.82, 2.24) is 24.5 Å². The molecule has 4 rings (SSSR count). The SMILES string of the molecule is [C-]#[N+]c1c(N)nc(N)nc1N[C@H](C)c1nc2cccc(Cl)c2c(=O)n1-c1cccnc1. The van der Waals surface area contributed by atoms with E-state index < -0.39 is 6.04 Å². The Balaban J connectivity index is 1.94. The molecule has 5 N–H and O–H groups in total. The summed E-state index contributed by atoms with van der Waals surface area (Å²) in [5.41, 5.74) is 12.1. The molecule has 0 unspecified atom stereocenters. The van der Waals surface area contributed by atoms with E-state index in [0.29, 0.717) is 27.4 Å². The zero-order valence-corrected chi connectivity index (χ0v) is 17.0. The third kappa shape index (κ3) is 3.58. The molecule has 0 spiro atoms. The quantitative estimate of drug-likeness (QED) is 0.416. The van der Waals surface area contributed by atoms with Gasteiger partial charge in [-0.15, -0.1) is 0 Å². The van der Waals surface area contributed by atoms with Gasteiger partial charge in [-0.3, -0.25) is 14.3 Å². The molecule has 0 saturated carbocycles. The molecule has 3 aromatic heterocycles. The number of nitrogens with zero attached hydrogens (tertiary/aromatic N) is 6. The highest BCUT2D eigenvalue weighted by atomic mass is 35.5. The number of halogens is 1. The zero-order valence-electron chi connectivity index (χ0n) is 16.2. The molecular weight excluding hydrogens is 418 g/mol. The van der Waals surface area contributed by atoms with Crippen molar-refractivity contribution in [3.05, 3.63) is 75.3 Å². The number of hydrogen-bond acceptors (Lipinski definition) is 8. The number of nitrogens with one attached hydrogen (secondary N) is 1. The molecule has 11 heteroatoms. The Morgan fingerprint density at radius 1 is 1.19 bits per heavy atom. The number of nitrogens with two attached hydrogens (primary N) is 2. The van der Waals surface area contributed by atoms with E-state index >= 15 is 0 Å². The van der Waals surface area contributed by atoms with Gasteiger partial charge in [0.25, 0.3) is 11.2 Å². The molecule has 1 aromatic carbocycles. The molecule has 0 aliphatic rings. The summed E-state index contributed by atoms with van der Waals surface area (Å²) in [7, 11) is 0. The van der Waals surface area contributed by atoms with Crippen LogP contribution in [0.4, 0.5) is 23.3 Å². The molecule has 10 nitrogen and oxygen atoms in total. The molecule has 0 aliphatic heterocycles. The Bertz CT molecular complexity index is 1400. The molecule has 0 aliphatic carbocycles. The third-order valence-electron chi connectivity index (χ3n) is 4.56. The summed E-state index contributed by atoms with van der Waals surface area (Å²) < 4.78 is 1.42. The van der Waals surface area contributed by atoms with Crippen molar-refractivity contribution in [3.8, 4) is 5.69 Å². The number of benzene rings is 1. The van der Waals surface area contributed by atoms with Crippen LogP contribution in [0.2, 0.25) is 5.02 Å². The van der Waals surface area contributed by atoms with Crippen molar-refractivity contribution in [1.29, 1.82) is 0 Å². The van der Waals surface area contributed by atoms with E-state index in [0.717, 1.165) is 0 Å². The average Bonchev–Trinajstić information content (AvgIpc) is 2.74. The van der Waals surface area contributed by atoms with Gasteiger partial charge >= 0.3 is 0 Å². The zero-order chi connectivity index (χ0) is 22.1. The lowest BCUT2D eigenvalue weighted by molar-refractivity contribution is 0.730. The lowest BCUT2D eigenvalue weighted by atomic mass is 10.2. The van der Waals surface area contributed by atoms with Gasteiger partial charge in [0.2, 0.25) is 5.95 Å². The first-order valence-corrected chi connectivity index (χ1v) is 9.47. The van der Waals surface area contributed by atoms with Crippen molar-refractivity contribution in [2.45, 2.75) is 13.0 Å². The van der Waals surface area contributed by atoms with E-state index in [1.54, 1.807) is 49.6 Å². The van der Waals surface area contributed by atoms with Crippen LogP contribution in [0.25, 0.3) is 21.4 Å². The van der Waals surface area contributed by atoms with Crippen molar-refractivity contribution in [2.75, 3.05) is 16.8 Å². The van der Waals surface area contributed by atoms with E-state index in [-0.39, 0.29) is 28.8 Å². The fraction of sp³-hybridized carbons (Fsp3) is 0.100. The monoisotopic (exact) mass is 433 g/mol. The predicted molar refractivity (Wildman–Crippen MR) is 119 cm³/mol. The van der Waals surface area contributed by atoms with Crippen LogP contribution in [0.3, 0.4) is 0 Å². The van der Waals surface area contributed by atoms with E-state index in [4.69, 9.17) is 29.6 Å². The normalized spacial score (nSPS) is 11.8. The topological polar surface area (TPSA) is 142 Å². The van der Waals surface area contributed by atoms with Gasteiger partial charge in [-0.1, -0.05) is 17.7 Å². The van der Waals surface area contributed by atoms with Crippen LogP contribution in [0.1, 0.15) is 18.8 Å². The number of anilines is 3. The number of hydrogen-bond donors (Lipinski definition) is 3. The van der Waals surface area contributed by atoms with Crippen LogP contribution in [0.5, 0.6) is 0 Å². The number of rotatable bonds is 4. The minimum Gasteiger partial charge on any atom is -0.392 e. The summed E-state index contributed by atoms with van der Waals surface area (Å²) in [4.78, 5) is 33.5. The Morgan fingerprint density at radius 3 is 2.71 bits per heavy atom. The second-order valence-electron chi connectivity index (χ2n) is 6.60. The van der Waals surface area contributed by atoms with Crippen molar-refractivity contribution in [3.63, 3.8) is 0 Å². The van der Waals surface area contributed by atoms with E-state index in [9.17, 15) is 4.79 Å². The second-order valence-corrected chi connectivity index (χ2v) is 7.01. The molecule has 3 heterocycles. The molecule has 0 amide bonds. The maximum absolute atomic E-state index is 13.4. The number of pyridine rings is 1. The average molecular weight is 434 g/mol. The molecule has 1 atom stereocenters. The van der Waals surface area contributed by atoms with Gasteiger partial charge in [0.15, 0.2) is 0 Å². The molecule has 154 valence electrons. The summed E-state index contributed by atoms with van der Waals surface area (Å²) >= 11 is 6.30. The Morgan fingerprint density at radius 2 is 2.00 bits per heavy atom. The Hall–Kier alpha value is -4.23. The van der Waals surface area contributed by atoms with Crippen molar-refractivity contribution < 1.29 is 0 Å². The van der Waals surface area contributed by atoms with Crippen LogP contribution >= 0.6 is 11.6 Å². The van der Waals surface area contributed by atoms with Gasteiger partial charge in [-0.25, -0.2) is 19.8 Å². The van der Waals surface area contributed by atoms with Gasteiger partial charge < -0.3 is 16.8 Å². The molecule has 0 fully saturated rings. The minimum atomic E-state index is -0.578. The molecule has 31 heavy (non-hydrogen) atoms. The summed E-state index contributed by atoms with van der Waals surface area (Å²) in [6.07, 6.45) is 3.15. The van der Waals surface area contributed by atoms with Gasteiger partial charge in [0, 0.05) is 6.20 Å². The number of nitrogen functional groups attached to an aromatic ring is 2. The van der Waals surface area contributed by atoms with Crippen LogP contribution < -0.4 is 22.3 Å². The molecule has 0 radical (unpaired) electrons. The molecule has 0 bridgehead atoms. The lowest BCUT2D eigenvalue weighted by Gasteiger charge is -2.21. The first-order chi connectivity index (χ1) is 14.9. The maximum atomic E-state index is 13.4. The lowest BCUT2D eigenvalue weighted by Crippen LogP contribution is -2.27. The van der Waals surface area contributed by atoms with Gasteiger partial charge in [-0.2, -0.15) is 0 Å². The predicted octanol–water partition coefficient (Wildman–Crippen LogP) is 3.11. The largest absolute Gasteiger partial charge is 0.392 e. The highest BCUT2D eigenvalue weighted by molar-refractivity contribution is 6.35. The minimum absolute atomic E-state index is 0.0279. The summed E-state index contributed by atoms with van der Waals surface area (Å²) in [5.74, 6) is 0.382. The summed E-state index contributed by atoms with van der Waals surface area (Å²) in [6, 6.07) is 7.93.